The van der Waals surface area contributed by atoms with Crippen LogP contribution in [0.3, 0.4) is 0 Å². The van der Waals surface area contributed by atoms with Crippen LogP contribution >= 0.6 is 0 Å². The summed E-state index contributed by atoms with van der Waals surface area (Å²) in [5.74, 6) is -0.263. The molecule has 1 aliphatic heterocycles. The Balaban J connectivity index is 1.86. The summed E-state index contributed by atoms with van der Waals surface area (Å²) in [6.07, 6.45) is 2.97. The van der Waals surface area contributed by atoms with E-state index in [9.17, 15) is 4.79 Å². The third-order valence-corrected chi connectivity index (χ3v) is 3.94. The van der Waals surface area contributed by atoms with Gasteiger partial charge in [0.25, 0.3) is 0 Å². The Kier molecular flexibility index (Phi) is 4.93. The van der Waals surface area contributed by atoms with Gasteiger partial charge >= 0.3 is 0 Å². The van der Waals surface area contributed by atoms with Crippen LogP contribution in [-0.4, -0.2) is 43.5 Å². The second-order valence-electron chi connectivity index (χ2n) is 5.14. The van der Waals surface area contributed by atoms with Crippen LogP contribution in [0.4, 0.5) is 0 Å². The monoisotopic (exact) mass is 261 g/mol. The quantitative estimate of drug-likeness (QED) is 0.814. The summed E-state index contributed by atoms with van der Waals surface area (Å²) in [4.78, 5) is 13.6. The summed E-state index contributed by atoms with van der Waals surface area (Å²) in [7, 11) is 1.79. The number of nitrogens with zero attached hydrogens (tertiary/aromatic N) is 1. The molecule has 3 N–H and O–H groups in total. The molecule has 19 heavy (non-hydrogen) atoms. The van der Waals surface area contributed by atoms with Gasteiger partial charge in [-0.3, -0.25) is 4.79 Å². The van der Waals surface area contributed by atoms with E-state index < -0.39 is 0 Å². The molecular weight excluding hydrogens is 238 g/mol. The lowest BCUT2D eigenvalue weighted by Gasteiger charge is -2.22. The number of amides is 1. The van der Waals surface area contributed by atoms with Gasteiger partial charge in [0, 0.05) is 19.6 Å². The molecule has 4 heteroatoms. The average molecular weight is 261 g/mol. The van der Waals surface area contributed by atoms with Crippen LogP contribution < -0.4 is 11.1 Å². The Morgan fingerprint density at radius 2 is 1.89 bits per heavy atom. The van der Waals surface area contributed by atoms with Crippen molar-refractivity contribution in [2.75, 3.05) is 26.7 Å². The minimum atomic E-state index is -0.263. The molecule has 0 aliphatic carbocycles. The number of nitrogens with one attached hydrogen (secondary N) is 1. The van der Waals surface area contributed by atoms with Crippen LogP contribution in [0, 0.1) is 0 Å². The zero-order chi connectivity index (χ0) is 13.7. The van der Waals surface area contributed by atoms with Gasteiger partial charge in [-0.05, 0) is 37.4 Å². The Bertz CT molecular complexity index is 406. The first kappa shape index (κ1) is 14.0. The topological polar surface area (TPSA) is 58.4 Å². The Morgan fingerprint density at radius 1 is 1.32 bits per heavy atom. The van der Waals surface area contributed by atoms with Gasteiger partial charge in [0.1, 0.15) is 0 Å². The summed E-state index contributed by atoms with van der Waals surface area (Å²) < 4.78 is 0. The fourth-order valence-corrected chi connectivity index (χ4v) is 2.68. The summed E-state index contributed by atoms with van der Waals surface area (Å²) in [5, 5.41) is 2.97. The van der Waals surface area contributed by atoms with Crippen molar-refractivity contribution < 1.29 is 4.79 Å². The first-order valence-corrected chi connectivity index (χ1v) is 6.96. The summed E-state index contributed by atoms with van der Waals surface area (Å²) in [6.45, 7) is 3.04. The van der Waals surface area contributed by atoms with Gasteiger partial charge in [-0.15, -0.1) is 0 Å². The third-order valence-electron chi connectivity index (χ3n) is 3.94. The second kappa shape index (κ2) is 6.68. The highest BCUT2D eigenvalue weighted by atomic mass is 16.1. The van der Waals surface area contributed by atoms with E-state index in [1.165, 1.54) is 11.1 Å². The van der Waals surface area contributed by atoms with Crippen molar-refractivity contribution in [1.29, 1.82) is 0 Å². The lowest BCUT2D eigenvalue weighted by molar-refractivity contribution is -0.120. The van der Waals surface area contributed by atoms with Crippen LogP contribution in [0.1, 0.15) is 17.5 Å². The van der Waals surface area contributed by atoms with Crippen LogP contribution in [0.2, 0.25) is 0 Å². The van der Waals surface area contributed by atoms with Gasteiger partial charge in [-0.1, -0.05) is 24.3 Å². The largest absolute Gasteiger partial charge is 0.368 e. The van der Waals surface area contributed by atoms with Crippen molar-refractivity contribution in [2.45, 2.75) is 25.3 Å². The number of carbonyl (C=O) groups excluding carboxylic acids is 1. The second-order valence-corrected chi connectivity index (χ2v) is 5.14. The molecule has 0 aromatic heterocycles. The van der Waals surface area contributed by atoms with Crippen molar-refractivity contribution >= 4 is 5.91 Å². The fourth-order valence-electron chi connectivity index (χ4n) is 2.68. The van der Waals surface area contributed by atoms with E-state index >= 15 is 0 Å². The molecule has 4 nitrogen and oxygen atoms in total. The van der Waals surface area contributed by atoms with Crippen LogP contribution in [-0.2, 0) is 17.6 Å². The van der Waals surface area contributed by atoms with Gasteiger partial charge < -0.3 is 16.0 Å². The number of rotatable bonds is 5. The maximum Gasteiger partial charge on any atom is 0.234 e. The molecule has 104 valence electrons. The van der Waals surface area contributed by atoms with Gasteiger partial charge in [-0.2, -0.15) is 0 Å². The summed E-state index contributed by atoms with van der Waals surface area (Å²) >= 11 is 0. The van der Waals surface area contributed by atoms with Gasteiger partial charge in [0.15, 0.2) is 0 Å². The fraction of sp³-hybridized carbons (Fsp3) is 0.533. The number of likely N-dealkylation sites (N-methyl/N-ethyl adjacent to an activating group) is 1. The Labute approximate surface area is 115 Å². The van der Waals surface area contributed by atoms with E-state index in [0.29, 0.717) is 0 Å². The third kappa shape index (κ3) is 3.78. The van der Waals surface area contributed by atoms with Crippen molar-refractivity contribution in [1.82, 2.24) is 10.2 Å². The van der Waals surface area contributed by atoms with Crippen molar-refractivity contribution in [2.24, 2.45) is 5.73 Å². The molecule has 1 unspecified atom stereocenters. The van der Waals surface area contributed by atoms with E-state index in [-0.39, 0.29) is 11.9 Å². The van der Waals surface area contributed by atoms with Crippen LogP contribution in [0.15, 0.2) is 24.3 Å². The summed E-state index contributed by atoms with van der Waals surface area (Å²) in [6, 6.07) is 8.44. The molecule has 1 atom stereocenters. The molecule has 1 amide bonds. The number of fused-ring (bicyclic) bond motifs is 1. The number of carbonyl (C=O) groups is 1. The molecule has 0 bridgehead atoms. The van der Waals surface area contributed by atoms with Gasteiger partial charge in [-0.25, -0.2) is 0 Å². The normalized spacial score (nSPS) is 17.5. The SMILES string of the molecule is CNC(CCN1CCc2ccccc2CC1)C(N)=O. The zero-order valence-corrected chi connectivity index (χ0v) is 11.6. The Hall–Kier alpha value is -1.39. The molecule has 0 fully saturated rings. The lowest BCUT2D eigenvalue weighted by atomic mass is 10.0. The predicted molar refractivity (Wildman–Crippen MR) is 76.9 cm³/mol. The molecule has 0 saturated heterocycles. The number of hydrogen-bond acceptors (Lipinski definition) is 3. The van der Waals surface area contributed by atoms with Crippen LogP contribution in [0.25, 0.3) is 0 Å². The number of nitrogens with two attached hydrogens (primary N) is 1. The van der Waals surface area contributed by atoms with E-state index in [4.69, 9.17) is 5.73 Å². The zero-order valence-electron chi connectivity index (χ0n) is 11.6. The van der Waals surface area contributed by atoms with Crippen molar-refractivity contribution in [3.05, 3.63) is 35.4 Å². The standard InChI is InChI=1S/C15H23N3O/c1-17-14(15(16)19)8-11-18-9-6-12-4-2-3-5-13(12)7-10-18/h2-5,14,17H,6-11H2,1H3,(H2,16,19). The highest BCUT2D eigenvalue weighted by Gasteiger charge is 2.17. The Morgan fingerprint density at radius 3 is 2.37 bits per heavy atom. The number of hydrogen-bond donors (Lipinski definition) is 2. The maximum absolute atomic E-state index is 11.2. The van der Waals surface area contributed by atoms with E-state index in [1.807, 2.05) is 0 Å². The van der Waals surface area contributed by atoms with Crippen molar-refractivity contribution in [3.8, 4) is 0 Å². The smallest absolute Gasteiger partial charge is 0.234 e. The number of benzene rings is 1. The maximum atomic E-state index is 11.2. The van der Waals surface area contributed by atoms with Crippen molar-refractivity contribution in [3.63, 3.8) is 0 Å². The number of primary amides is 1. The molecule has 2 rings (SSSR count). The highest BCUT2D eigenvalue weighted by molar-refractivity contribution is 5.79. The molecular formula is C15H23N3O. The molecule has 1 aliphatic rings. The van der Waals surface area contributed by atoms with E-state index in [2.05, 4.69) is 34.5 Å². The molecule has 1 heterocycles. The molecule has 0 spiro atoms. The van der Waals surface area contributed by atoms with E-state index in [1.54, 1.807) is 7.05 Å². The minimum Gasteiger partial charge on any atom is -0.368 e. The lowest BCUT2D eigenvalue weighted by Crippen LogP contribution is -2.42. The summed E-state index contributed by atoms with van der Waals surface area (Å²) in [5.41, 5.74) is 8.27. The minimum absolute atomic E-state index is 0.217. The molecule has 0 saturated carbocycles. The van der Waals surface area contributed by atoms with Gasteiger partial charge in [0.2, 0.25) is 5.91 Å². The predicted octanol–water partition coefficient (Wildman–Crippen LogP) is 0.551. The first-order chi connectivity index (χ1) is 9.20. The first-order valence-electron chi connectivity index (χ1n) is 6.96. The molecule has 0 radical (unpaired) electrons. The highest BCUT2D eigenvalue weighted by Crippen LogP contribution is 2.15. The van der Waals surface area contributed by atoms with Crippen LogP contribution in [0.5, 0.6) is 0 Å². The average Bonchev–Trinajstić information content (AvgIpc) is 2.62. The molecule has 1 aromatic rings. The molecule has 1 aromatic carbocycles. The van der Waals surface area contributed by atoms with Gasteiger partial charge in [0.05, 0.1) is 6.04 Å². The van der Waals surface area contributed by atoms with E-state index in [0.717, 1.165) is 38.9 Å².